The molecule has 0 spiro atoms. The first-order valence-electron chi connectivity index (χ1n) is 3.32. The summed E-state index contributed by atoms with van der Waals surface area (Å²) >= 11 is 1.71. The predicted molar refractivity (Wildman–Crippen MR) is 42.8 cm³/mol. The highest BCUT2D eigenvalue weighted by Crippen LogP contribution is 2.02. The zero-order valence-electron chi connectivity index (χ0n) is 6.22. The summed E-state index contributed by atoms with van der Waals surface area (Å²) in [4.78, 5) is 4.05. The van der Waals surface area contributed by atoms with Crippen LogP contribution in [0.25, 0.3) is 0 Å². The van der Waals surface area contributed by atoms with E-state index in [1.165, 1.54) is 5.01 Å². The zero-order valence-corrected chi connectivity index (χ0v) is 7.03. The quantitative estimate of drug-likeness (QED) is 0.589. The van der Waals surface area contributed by atoms with Crippen LogP contribution in [0.2, 0.25) is 0 Å². The topological polar surface area (TPSA) is 12.9 Å². The van der Waals surface area contributed by atoms with Crippen molar-refractivity contribution in [3.8, 4) is 0 Å². The maximum Gasteiger partial charge on any atom is 0.0922 e. The molecule has 0 aliphatic heterocycles. The Morgan fingerprint density at radius 1 is 1.56 bits per heavy atom. The highest BCUT2D eigenvalue weighted by Gasteiger charge is 1.84. The third-order valence-electron chi connectivity index (χ3n) is 0.786. The van der Waals surface area contributed by atoms with Gasteiger partial charge in [-0.1, -0.05) is 20.8 Å². The fourth-order valence-corrected chi connectivity index (χ4v) is 0.995. The molecular weight excluding hydrogens is 130 g/mol. The summed E-state index contributed by atoms with van der Waals surface area (Å²) in [6, 6.07) is 0. The van der Waals surface area contributed by atoms with Gasteiger partial charge in [0.15, 0.2) is 0 Å². The van der Waals surface area contributed by atoms with E-state index < -0.39 is 0 Å². The molecule has 0 unspecified atom stereocenters. The molecule has 52 valence electrons. The summed E-state index contributed by atoms with van der Waals surface area (Å²) in [6.45, 7) is 6.11. The van der Waals surface area contributed by atoms with Gasteiger partial charge in [-0.05, 0) is 6.42 Å². The monoisotopic (exact) mass is 143 g/mol. The van der Waals surface area contributed by atoms with Gasteiger partial charge >= 0.3 is 0 Å². The molecule has 0 fully saturated rings. The molecule has 0 aliphatic carbocycles. The van der Waals surface area contributed by atoms with Crippen LogP contribution in [-0.4, -0.2) is 4.98 Å². The number of hydrogen-bond acceptors (Lipinski definition) is 2. The first kappa shape index (κ1) is 8.63. The van der Waals surface area contributed by atoms with Gasteiger partial charge in [-0.3, -0.25) is 0 Å². The Kier molecular flexibility index (Phi) is 5.52. The van der Waals surface area contributed by atoms with Crippen LogP contribution in [0.15, 0.2) is 11.6 Å². The summed E-state index contributed by atoms with van der Waals surface area (Å²) < 4.78 is 0. The zero-order chi connectivity index (χ0) is 7.11. The number of aryl methyl sites for hydroxylation is 1. The third kappa shape index (κ3) is 3.25. The van der Waals surface area contributed by atoms with Crippen LogP contribution < -0.4 is 0 Å². The van der Waals surface area contributed by atoms with E-state index in [1.54, 1.807) is 11.3 Å². The molecule has 0 saturated carbocycles. The second kappa shape index (κ2) is 5.76. The van der Waals surface area contributed by atoms with Crippen LogP contribution in [0.4, 0.5) is 0 Å². The highest BCUT2D eigenvalue weighted by atomic mass is 32.1. The van der Waals surface area contributed by atoms with Crippen molar-refractivity contribution in [3.63, 3.8) is 0 Å². The lowest BCUT2D eigenvalue weighted by molar-refractivity contribution is 1.09. The maximum atomic E-state index is 4.05. The van der Waals surface area contributed by atoms with Gasteiger partial charge in [0, 0.05) is 11.6 Å². The van der Waals surface area contributed by atoms with Crippen LogP contribution in [0.3, 0.4) is 0 Å². The standard InChI is InChI=1S/C5H7NS.C2H6/c1-2-5-6-3-4-7-5;1-2/h3-4H,2H2,1H3;1-2H3. The van der Waals surface area contributed by atoms with E-state index in [0.29, 0.717) is 0 Å². The molecule has 1 nitrogen and oxygen atoms in total. The molecule has 0 N–H and O–H groups in total. The van der Waals surface area contributed by atoms with Gasteiger partial charge in [0.1, 0.15) is 0 Å². The Bertz CT molecular complexity index is 123. The van der Waals surface area contributed by atoms with Crippen molar-refractivity contribution in [2.75, 3.05) is 0 Å². The first-order valence-corrected chi connectivity index (χ1v) is 4.20. The van der Waals surface area contributed by atoms with Crippen LogP contribution in [0, 0.1) is 0 Å². The second-order valence-electron chi connectivity index (χ2n) is 1.28. The minimum absolute atomic E-state index is 1.07. The van der Waals surface area contributed by atoms with Crippen LogP contribution in [0.1, 0.15) is 25.8 Å². The van der Waals surface area contributed by atoms with E-state index in [-0.39, 0.29) is 0 Å². The van der Waals surface area contributed by atoms with Crippen molar-refractivity contribution in [2.24, 2.45) is 0 Å². The van der Waals surface area contributed by atoms with Crippen molar-refractivity contribution in [1.29, 1.82) is 0 Å². The van der Waals surface area contributed by atoms with E-state index in [4.69, 9.17) is 0 Å². The largest absolute Gasteiger partial charge is 0.250 e. The van der Waals surface area contributed by atoms with Gasteiger partial charge in [-0.2, -0.15) is 0 Å². The molecule has 0 bridgehead atoms. The third-order valence-corrected chi connectivity index (χ3v) is 1.71. The number of nitrogens with zero attached hydrogens (tertiary/aromatic N) is 1. The van der Waals surface area contributed by atoms with E-state index in [0.717, 1.165) is 6.42 Å². The molecule has 0 aliphatic rings. The summed E-state index contributed by atoms with van der Waals surface area (Å²) in [7, 11) is 0. The summed E-state index contributed by atoms with van der Waals surface area (Å²) in [6.07, 6.45) is 2.90. The highest BCUT2D eigenvalue weighted by molar-refractivity contribution is 7.09. The second-order valence-corrected chi connectivity index (χ2v) is 2.26. The summed E-state index contributed by atoms with van der Waals surface area (Å²) in [5.74, 6) is 0. The molecule has 9 heavy (non-hydrogen) atoms. The van der Waals surface area contributed by atoms with Crippen molar-refractivity contribution >= 4 is 11.3 Å². The maximum absolute atomic E-state index is 4.05. The van der Waals surface area contributed by atoms with Gasteiger partial charge in [-0.15, -0.1) is 11.3 Å². The van der Waals surface area contributed by atoms with Crippen LogP contribution in [0.5, 0.6) is 0 Å². The molecular formula is C7H13NS. The molecule has 1 rings (SSSR count). The van der Waals surface area contributed by atoms with Crippen molar-refractivity contribution in [2.45, 2.75) is 27.2 Å². The Morgan fingerprint density at radius 2 is 2.22 bits per heavy atom. The van der Waals surface area contributed by atoms with Crippen molar-refractivity contribution in [3.05, 3.63) is 16.6 Å². The van der Waals surface area contributed by atoms with E-state index in [2.05, 4.69) is 11.9 Å². The fraction of sp³-hybridized carbons (Fsp3) is 0.571. The van der Waals surface area contributed by atoms with E-state index in [9.17, 15) is 0 Å². The lowest BCUT2D eigenvalue weighted by Crippen LogP contribution is -1.70. The molecule has 0 amide bonds. The van der Waals surface area contributed by atoms with Crippen LogP contribution in [-0.2, 0) is 6.42 Å². The van der Waals surface area contributed by atoms with Crippen molar-refractivity contribution < 1.29 is 0 Å². The smallest absolute Gasteiger partial charge is 0.0922 e. The molecule has 2 heteroatoms. The minimum atomic E-state index is 1.07. The molecule has 1 aromatic heterocycles. The normalized spacial score (nSPS) is 7.89. The molecule has 1 heterocycles. The molecule has 0 aromatic carbocycles. The van der Waals surface area contributed by atoms with Gasteiger partial charge in [0.25, 0.3) is 0 Å². The summed E-state index contributed by atoms with van der Waals surface area (Å²) in [5.41, 5.74) is 0. The average molecular weight is 143 g/mol. The number of rotatable bonds is 1. The predicted octanol–water partition coefficient (Wildman–Crippen LogP) is 2.73. The van der Waals surface area contributed by atoms with Gasteiger partial charge in [0.05, 0.1) is 5.01 Å². The number of aromatic nitrogens is 1. The van der Waals surface area contributed by atoms with Crippen LogP contribution >= 0.6 is 11.3 Å². The Hall–Kier alpha value is -0.370. The molecule has 0 atom stereocenters. The first-order chi connectivity index (χ1) is 4.43. The lowest BCUT2D eigenvalue weighted by Gasteiger charge is -1.77. The van der Waals surface area contributed by atoms with Gasteiger partial charge in [-0.25, -0.2) is 4.98 Å². The molecule has 0 radical (unpaired) electrons. The molecule has 1 aromatic rings. The van der Waals surface area contributed by atoms with Crippen molar-refractivity contribution in [1.82, 2.24) is 4.98 Å². The molecule has 0 saturated heterocycles. The SMILES string of the molecule is CC.CCc1nccs1. The lowest BCUT2D eigenvalue weighted by atomic mass is 10.5. The Balaban J connectivity index is 0.000000291. The Morgan fingerprint density at radius 3 is 2.44 bits per heavy atom. The fourth-order valence-electron chi connectivity index (χ4n) is 0.428. The minimum Gasteiger partial charge on any atom is -0.250 e. The van der Waals surface area contributed by atoms with Gasteiger partial charge < -0.3 is 0 Å². The van der Waals surface area contributed by atoms with E-state index >= 15 is 0 Å². The number of hydrogen-bond donors (Lipinski definition) is 0. The van der Waals surface area contributed by atoms with E-state index in [1.807, 2.05) is 25.4 Å². The van der Waals surface area contributed by atoms with Gasteiger partial charge in [0.2, 0.25) is 0 Å². The number of thiazole rings is 1. The Labute approximate surface area is 60.8 Å². The average Bonchev–Trinajstić information content (AvgIpc) is 2.43. The summed E-state index contributed by atoms with van der Waals surface area (Å²) in [5, 5.41) is 3.22.